The molecule has 26 heavy (non-hydrogen) atoms. The van der Waals surface area contributed by atoms with Gasteiger partial charge in [0.1, 0.15) is 5.82 Å². The van der Waals surface area contributed by atoms with Gasteiger partial charge >= 0.3 is 0 Å². The van der Waals surface area contributed by atoms with Crippen LogP contribution in [-0.4, -0.2) is 43.6 Å². The van der Waals surface area contributed by atoms with E-state index in [1.807, 2.05) is 11.7 Å². The van der Waals surface area contributed by atoms with Gasteiger partial charge in [-0.3, -0.25) is 9.67 Å². The van der Waals surface area contributed by atoms with E-state index in [0.29, 0.717) is 6.54 Å². The van der Waals surface area contributed by atoms with Crippen molar-refractivity contribution in [3.8, 4) is 0 Å². The number of fused-ring (bicyclic) bond motifs is 1. The van der Waals surface area contributed by atoms with Crippen molar-refractivity contribution in [3.05, 3.63) is 28.6 Å². The second-order valence-corrected chi connectivity index (χ2v) is 6.74. The molecule has 9 heteroatoms. The van der Waals surface area contributed by atoms with Gasteiger partial charge < -0.3 is 15.2 Å². The lowest BCUT2D eigenvalue weighted by atomic mass is 10.1. The summed E-state index contributed by atoms with van der Waals surface area (Å²) in [6.07, 6.45) is 3.10. The van der Waals surface area contributed by atoms with E-state index in [4.69, 9.17) is 0 Å². The van der Waals surface area contributed by atoms with Crippen molar-refractivity contribution in [3.63, 3.8) is 0 Å². The van der Waals surface area contributed by atoms with Gasteiger partial charge in [0.05, 0.1) is 12.2 Å². The van der Waals surface area contributed by atoms with Gasteiger partial charge in [-0.1, -0.05) is 0 Å². The van der Waals surface area contributed by atoms with E-state index >= 15 is 0 Å². The van der Waals surface area contributed by atoms with E-state index in [2.05, 4.69) is 56.3 Å². The maximum Gasteiger partial charge on any atom is 0.191 e. The molecule has 3 rings (SSSR count). The summed E-state index contributed by atoms with van der Waals surface area (Å²) in [7, 11) is 3.78. The van der Waals surface area contributed by atoms with Crippen LogP contribution in [0.5, 0.6) is 0 Å². The topological polar surface area (TPSA) is 84.9 Å². The Morgan fingerprint density at radius 1 is 1.31 bits per heavy atom. The Morgan fingerprint density at radius 2 is 2.08 bits per heavy atom. The van der Waals surface area contributed by atoms with E-state index in [0.717, 1.165) is 49.1 Å². The Hall–Kier alpha value is -1.65. The molecule has 1 atom stereocenters. The van der Waals surface area contributed by atoms with Gasteiger partial charge in [0.15, 0.2) is 11.8 Å². The zero-order valence-electron chi connectivity index (χ0n) is 16.2. The molecule has 2 aromatic heterocycles. The molecular weight excluding hydrogens is 443 g/mol. The van der Waals surface area contributed by atoms with Crippen molar-refractivity contribution in [2.45, 2.75) is 59.2 Å². The highest BCUT2D eigenvalue weighted by Crippen LogP contribution is 2.15. The van der Waals surface area contributed by atoms with Gasteiger partial charge in [-0.15, -0.1) is 34.2 Å². The van der Waals surface area contributed by atoms with Crippen molar-refractivity contribution < 1.29 is 0 Å². The van der Waals surface area contributed by atoms with Crippen LogP contribution in [0.4, 0.5) is 0 Å². The number of nitrogens with one attached hydrogen (secondary N) is 2. The minimum Gasteiger partial charge on any atom is -0.354 e. The highest BCUT2D eigenvalue weighted by Gasteiger charge is 2.18. The Balaban J connectivity index is 0.00000243. The quantitative estimate of drug-likeness (QED) is 0.392. The Kier molecular flexibility index (Phi) is 7.01. The van der Waals surface area contributed by atoms with Crippen LogP contribution in [-0.2, 0) is 33.0 Å². The van der Waals surface area contributed by atoms with Crippen molar-refractivity contribution >= 4 is 29.9 Å². The van der Waals surface area contributed by atoms with E-state index in [1.165, 1.54) is 11.3 Å². The number of hydrogen-bond donors (Lipinski definition) is 2. The molecule has 1 aliphatic rings. The van der Waals surface area contributed by atoms with E-state index in [-0.39, 0.29) is 30.0 Å². The molecule has 1 aliphatic heterocycles. The van der Waals surface area contributed by atoms with E-state index in [1.54, 1.807) is 7.05 Å². The molecule has 0 aliphatic carbocycles. The third-order valence-electron chi connectivity index (χ3n) is 4.88. The summed E-state index contributed by atoms with van der Waals surface area (Å²) < 4.78 is 4.14. The van der Waals surface area contributed by atoms with Crippen LogP contribution in [0, 0.1) is 13.8 Å². The maximum absolute atomic E-state index is 4.49. The minimum atomic E-state index is 0. The monoisotopic (exact) mass is 472 g/mol. The number of nitrogens with zero attached hydrogens (tertiary/aromatic N) is 6. The molecule has 2 N–H and O–H groups in total. The highest BCUT2D eigenvalue weighted by molar-refractivity contribution is 14.0. The number of aryl methyl sites for hydroxylation is 3. The Morgan fingerprint density at radius 3 is 2.73 bits per heavy atom. The summed E-state index contributed by atoms with van der Waals surface area (Å²) in [5.74, 6) is 2.85. The molecule has 144 valence electrons. The number of guanidine groups is 1. The molecule has 0 fully saturated rings. The second kappa shape index (κ2) is 8.83. The number of aliphatic imine (C=N–C) groups is 1. The predicted octanol–water partition coefficient (Wildman–Crippen LogP) is 1.49. The van der Waals surface area contributed by atoms with Crippen LogP contribution in [0.15, 0.2) is 4.99 Å². The van der Waals surface area contributed by atoms with Gasteiger partial charge in [-0.2, -0.15) is 5.10 Å². The molecule has 0 bridgehead atoms. The van der Waals surface area contributed by atoms with Gasteiger partial charge in [-0.05, 0) is 39.2 Å². The third kappa shape index (κ3) is 4.36. The number of halogens is 1. The van der Waals surface area contributed by atoms with Crippen LogP contribution in [0.3, 0.4) is 0 Å². The number of hydrogen-bond acceptors (Lipinski definition) is 4. The van der Waals surface area contributed by atoms with Crippen molar-refractivity contribution in [2.24, 2.45) is 12.0 Å². The van der Waals surface area contributed by atoms with Crippen LogP contribution < -0.4 is 10.6 Å². The molecule has 0 spiro atoms. The summed E-state index contributed by atoms with van der Waals surface area (Å²) in [5.41, 5.74) is 3.61. The standard InChI is InChI=1S/C17H28N8.HI/c1-11(9-14-12(2)23-24(5)13(14)3)20-17(18-4)19-10-16-22-21-15-7-6-8-25(15)16;/h11H,6-10H2,1-5H3,(H2,18,19,20);1H. The zero-order chi connectivity index (χ0) is 18.0. The first kappa shape index (κ1) is 20.7. The van der Waals surface area contributed by atoms with Crippen LogP contribution in [0.1, 0.15) is 41.9 Å². The molecule has 0 radical (unpaired) electrons. The van der Waals surface area contributed by atoms with Crippen LogP contribution in [0.25, 0.3) is 0 Å². The fourth-order valence-corrected chi connectivity index (χ4v) is 3.40. The van der Waals surface area contributed by atoms with Gasteiger partial charge in [0, 0.05) is 38.8 Å². The van der Waals surface area contributed by atoms with Gasteiger partial charge in [0.2, 0.25) is 0 Å². The SMILES string of the molecule is CN=C(NCc1nnc2n1CCC2)NC(C)Cc1c(C)nn(C)c1C.I. The Labute approximate surface area is 171 Å². The normalized spacial score (nSPS) is 14.7. The van der Waals surface area contributed by atoms with Gasteiger partial charge in [0.25, 0.3) is 0 Å². The second-order valence-electron chi connectivity index (χ2n) is 6.74. The van der Waals surface area contributed by atoms with Crippen molar-refractivity contribution in [1.82, 2.24) is 35.2 Å². The zero-order valence-corrected chi connectivity index (χ0v) is 18.5. The molecule has 1 unspecified atom stereocenters. The van der Waals surface area contributed by atoms with E-state index < -0.39 is 0 Å². The predicted molar refractivity (Wildman–Crippen MR) is 113 cm³/mol. The van der Waals surface area contributed by atoms with Gasteiger partial charge in [-0.25, -0.2) is 0 Å². The maximum atomic E-state index is 4.49. The highest BCUT2D eigenvalue weighted by atomic mass is 127. The minimum absolute atomic E-state index is 0. The van der Waals surface area contributed by atoms with Crippen LogP contribution >= 0.6 is 24.0 Å². The summed E-state index contributed by atoms with van der Waals surface area (Å²) >= 11 is 0. The summed E-state index contributed by atoms with van der Waals surface area (Å²) in [4.78, 5) is 4.33. The van der Waals surface area contributed by atoms with Crippen molar-refractivity contribution in [1.29, 1.82) is 0 Å². The molecule has 0 aromatic carbocycles. The first-order valence-electron chi connectivity index (χ1n) is 8.86. The van der Waals surface area contributed by atoms with E-state index in [9.17, 15) is 0 Å². The number of rotatable bonds is 5. The fraction of sp³-hybridized carbons (Fsp3) is 0.647. The fourth-order valence-electron chi connectivity index (χ4n) is 3.40. The smallest absolute Gasteiger partial charge is 0.191 e. The summed E-state index contributed by atoms with van der Waals surface area (Å²) in [6, 6.07) is 0.247. The molecule has 0 saturated carbocycles. The molecule has 3 heterocycles. The lowest BCUT2D eigenvalue weighted by Gasteiger charge is -2.18. The van der Waals surface area contributed by atoms with Crippen LogP contribution in [0.2, 0.25) is 0 Å². The lowest BCUT2D eigenvalue weighted by Crippen LogP contribution is -2.43. The Bertz CT molecular complexity index is 776. The third-order valence-corrected chi connectivity index (χ3v) is 4.88. The summed E-state index contributed by atoms with van der Waals surface area (Å²) in [5, 5.41) is 19.8. The molecular formula is C17H29IN8. The van der Waals surface area contributed by atoms with Crippen molar-refractivity contribution in [2.75, 3.05) is 7.05 Å². The molecule has 2 aromatic rings. The molecule has 8 nitrogen and oxygen atoms in total. The first-order chi connectivity index (χ1) is 12.0. The molecule has 0 saturated heterocycles. The summed E-state index contributed by atoms with van der Waals surface area (Å²) in [6.45, 7) is 7.98. The number of aromatic nitrogens is 5. The first-order valence-corrected chi connectivity index (χ1v) is 8.86. The average molecular weight is 472 g/mol. The molecule has 0 amide bonds. The average Bonchev–Trinajstić information content (AvgIpc) is 3.24. The lowest BCUT2D eigenvalue weighted by molar-refractivity contribution is 0.621. The largest absolute Gasteiger partial charge is 0.354 e.